The summed E-state index contributed by atoms with van der Waals surface area (Å²) in [6, 6.07) is 11.8. The number of benzene rings is 2. The van der Waals surface area contributed by atoms with Crippen molar-refractivity contribution >= 4 is 50.8 Å². The predicted octanol–water partition coefficient (Wildman–Crippen LogP) is 4.36. The molecule has 0 fully saturated rings. The van der Waals surface area contributed by atoms with E-state index in [1.807, 2.05) is 6.07 Å². The molecule has 0 saturated heterocycles. The molecule has 0 bridgehead atoms. The Morgan fingerprint density at radius 1 is 1.17 bits per heavy atom. The quantitative estimate of drug-likeness (QED) is 0.309. The van der Waals surface area contributed by atoms with E-state index < -0.39 is 17.5 Å². The van der Waals surface area contributed by atoms with Gasteiger partial charge in [0.15, 0.2) is 5.16 Å². The van der Waals surface area contributed by atoms with Gasteiger partial charge in [0.25, 0.3) is 5.56 Å². The van der Waals surface area contributed by atoms with Crippen molar-refractivity contribution in [1.29, 1.82) is 0 Å². The summed E-state index contributed by atoms with van der Waals surface area (Å²) in [4.78, 5) is 46.1. The van der Waals surface area contributed by atoms with Gasteiger partial charge in [-0.1, -0.05) is 30.0 Å². The van der Waals surface area contributed by atoms with E-state index in [0.29, 0.717) is 40.6 Å². The molecule has 0 aliphatic carbocycles. The monoisotopic (exact) mass is 526 g/mol. The van der Waals surface area contributed by atoms with Crippen LogP contribution in [-0.4, -0.2) is 38.6 Å². The number of hydrogen-bond donors (Lipinski definition) is 1. The van der Waals surface area contributed by atoms with Crippen LogP contribution in [0.25, 0.3) is 15.9 Å². The van der Waals surface area contributed by atoms with Crippen molar-refractivity contribution in [3.05, 3.63) is 81.0 Å². The van der Waals surface area contributed by atoms with Gasteiger partial charge in [0.2, 0.25) is 11.8 Å². The molecule has 0 atom stereocenters. The number of para-hydroxylation sites is 1. The van der Waals surface area contributed by atoms with Crippen molar-refractivity contribution < 1.29 is 18.4 Å². The van der Waals surface area contributed by atoms with E-state index in [4.69, 9.17) is 4.98 Å². The zero-order valence-electron chi connectivity index (χ0n) is 19.1. The number of carbonyl (C=O) groups excluding carboxylic acids is 2. The largest absolute Gasteiger partial charge is 0.337 e. The van der Waals surface area contributed by atoms with E-state index in [9.17, 15) is 23.2 Å². The van der Waals surface area contributed by atoms with Crippen LogP contribution in [0.1, 0.15) is 17.4 Å². The number of nitrogens with zero attached hydrogens (tertiary/aromatic N) is 3. The molecule has 36 heavy (non-hydrogen) atoms. The zero-order chi connectivity index (χ0) is 25.4. The van der Waals surface area contributed by atoms with Gasteiger partial charge in [-0.3, -0.25) is 19.0 Å². The van der Waals surface area contributed by atoms with E-state index in [0.717, 1.165) is 40.4 Å². The number of thioether (sulfide) groups is 1. The molecule has 2 aromatic heterocycles. The molecule has 11 heteroatoms. The number of nitrogens with one attached hydrogen (secondary N) is 1. The van der Waals surface area contributed by atoms with Crippen LogP contribution in [0, 0.1) is 11.6 Å². The van der Waals surface area contributed by atoms with Gasteiger partial charge in [0, 0.05) is 24.4 Å². The van der Waals surface area contributed by atoms with Crippen LogP contribution < -0.4 is 10.9 Å². The molecule has 0 spiro atoms. The summed E-state index contributed by atoms with van der Waals surface area (Å²) < 4.78 is 28.8. The summed E-state index contributed by atoms with van der Waals surface area (Å²) in [5, 5.41) is 3.19. The second kappa shape index (κ2) is 9.82. The molecule has 0 radical (unpaired) electrons. The lowest BCUT2D eigenvalue weighted by Gasteiger charge is -2.25. The molecule has 0 saturated carbocycles. The van der Waals surface area contributed by atoms with E-state index in [1.54, 1.807) is 29.2 Å². The lowest BCUT2D eigenvalue weighted by Crippen LogP contribution is -2.34. The Hall–Kier alpha value is -3.57. The van der Waals surface area contributed by atoms with Gasteiger partial charge in [0.05, 0.1) is 29.1 Å². The van der Waals surface area contributed by atoms with Gasteiger partial charge in [-0.2, -0.15) is 0 Å². The van der Waals surface area contributed by atoms with Gasteiger partial charge in [-0.25, -0.2) is 13.8 Å². The highest BCUT2D eigenvalue weighted by molar-refractivity contribution is 7.99. The lowest BCUT2D eigenvalue weighted by atomic mass is 10.1. The van der Waals surface area contributed by atoms with Crippen molar-refractivity contribution in [2.75, 3.05) is 17.6 Å². The molecule has 7 nitrogen and oxygen atoms in total. The van der Waals surface area contributed by atoms with Crippen molar-refractivity contribution in [2.45, 2.75) is 25.0 Å². The molecular weight excluding hydrogens is 506 g/mol. The van der Waals surface area contributed by atoms with E-state index in [-0.39, 0.29) is 22.9 Å². The average molecular weight is 527 g/mol. The molecule has 184 valence electrons. The topological polar surface area (TPSA) is 84.3 Å². The fourth-order valence-electron chi connectivity index (χ4n) is 4.10. The minimum atomic E-state index is -0.751. The summed E-state index contributed by atoms with van der Waals surface area (Å²) in [6.07, 6.45) is 0.564. The first-order valence-electron chi connectivity index (χ1n) is 11.1. The van der Waals surface area contributed by atoms with Crippen molar-refractivity contribution in [2.24, 2.45) is 0 Å². The molecule has 1 aliphatic heterocycles. The number of hydrogen-bond acceptors (Lipinski definition) is 6. The zero-order valence-corrected chi connectivity index (χ0v) is 20.7. The van der Waals surface area contributed by atoms with Crippen LogP contribution in [0.5, 0.6) is 0 Å². The summed E-state index contributed by atoms with van der Waals surface area (Å²) in [5.41, 5.74) is 0.993. The fourth-order valence-corrected chi connectivity index (χ4v) is 6.19. The first-order chi connectivity index (χ1) is 17.3. The number of rotatable bonds is 5. The highest BCUT2D eigenvalue weighted by Crippen LogP contribution is 2.34. The Morgan fingerprint density at radius 3 is 2.69 bits per heavy atom. The van der Waals surface area contributed by atoms with Gasteiger partial charge in [0.1, 0.15) is 16.5 Å². The van der Waals surface area contributed by atoms with Gasteiger partial charge >= 0.3 is 0 Å². The van der Waals surface area contributed by atoms with Crippen LogP contribution in [0.15, 0.2) is 58.5 Å². The van der Waals surface area contributed by atoms with Crippen molar-refractivity contribution in [3.8, 4) is 5.69 Å². The number of amides is 2. The summed E-state index contributed by atoms with van der Waals surface area (Å²) in [7, 11) is 0. The number of carbonyl (C=O) groups is 2. The van der Waals surface area contributed by atoms with Crippen LogP contribution in [0.3, 0.4) is 0 Å². The van der Waals surface area contributed by atoms with Crippen molar-refractivity contribution in [3.63, 3.8) is 0 Å². The summed E-state index contributed by atoms with van der Waals surface area (Å²) in [5.74, 6) is -2.19. The molecular formula is C25H20F2N4O3S2. The maximum Gasteiger partial charge on any atom is 0.267 e. The van der Waals surface area contributed by atoms with Gasteiger partial charge in [-0.05, 0) is 36.2 Å². The number of fused-ring (bicyclic) bond motifs is 3. The maximum absolute atomic E-state index is 13.9. The minimum absolute atomic E-state index is 0.0234. The van der Waals surface area contributed by atoms with Crippen LogP contribution in [-0.2, 0) is 22.6 Å². The van der Waals surface area contributed by atoms with Gasteiger partial charge in [-0.15, -0.1) is 11.3 Å². The smallest absolute Gasteiger partial charge is 0.267 e. The SMILES string of the molecule is CC(=O)N1CCc2c(sc3nc(SCC(=O)Nc4cc(F)ccc4F)n(-c4ccccc4)c(=O)c23)C1. The molecule has 2 aromatic carbocycles. The third-order valence-corrected chi connectivity index (χ3v) is 7.89. The van der Waals surface area contributed by atoms with Crippen LogP contribution in [0.4, 0.5) is 14.5 Å². The molecule has 2 amide bonds. The third-order valence-electron chi connectivity index (χ3n) is 5.84. The molecule has 5 rings (SSSR count). The minimum Gasteiger partial charge on any atom is -0.337 e. The molecule has 3 heterocycles. The molecule has 4 aromatic rings. The number of aromatic nitrogens is 2. The highest BCUT2D eigenvalue weighted by atomic mass is 32.2. The standard InChI is InChI=1S/C25H20F2N4O3S2/c1-14(32)30-10-9-17-20(12-30)36-23-22(17)24(34)31(16-5-3-2-4-6-16)25(29-23)35-13-21(33)28-19-11-15(26)7-8-18(19)27/h2-8,11H,9-10,12-13H2,1H3,(H,28,33). The first kappa shape index (κ1) is 24.1. The summed E-state index contributed by atoms with van der Waals surface area (Å²) >= 11 is 2.40. The summed E-state index contributed by atoms with van der Waals surface area (Å²) in [6.45, 7) is 2.49. The first-order valence-corrected chi connectivity index (χ1v) is 12.9. The van der Waals surface area contributed by atoms with E-state index in [2.05, 4.69) is 5.32 Å². The highest BCUT2D eigenvalue weighted by Gasteiger charge is 2.26. The fraction of sp³-hybridized carbons (Fsp3) is 0.200. The Morgan fingerprint density at radius 2 is 1.94 bits per heavy atom. The van der Waals surface area contributed by atoms with E-state index >= 15 is 0 Å². The predicted molar refractivity (Wildman–Crippen MR) is 136 cm³/mol. The normalized spacial score (nSPS) is 13.0. The molecule has 1 aliphatic rings. The third kappa shape index (κ3) is 4.63. The second-order valence-electron chi connectivity index (χ2n) is 8.21. The van der Waals surface area contributed by atoms with Crippen LogP contribution in [0.2, 0.25) is 0 Å². The van der Waals surface area contributed by atoms with Crippen LogP contribution >= 0.6 is 23.1 Å². The average Bonchev–Trinajstić information content (AvgIpc) is 3.23. The van der Waals surface area contributed by atoms with Crippen molar-refractivity contribution in [1.82, 2.24) is 14.5 Å². The Labute approximate surface area is 212 Å². The number of halogens is 2. The number of thiophene rings is 1. The Bertz CT molecular complexity index is 1550. The lowest BCUT2D eigenvalue weighted by molar-refractivity contribution is -0.129. The van der Waals surface area contributed by atoms with Gasteiger partial charge < -0.3 is 10.2 Å². The maximum atomic E-state index is 13.9. The molecule has 0 unspecified atom stereocenters. The Kier molecular flexibility index (Phi) is 6.59. The molecule has 1 N–H and O–H groups in total. The number of anilines is 1. The second-order valence-corrected chi connectivity index (χ2v) is 10.2. The van der Waals surface area contributed by atoms with E-state index in [1.165, 1.54) is 22.8 Å². The Balaban J connectivity index is 1.51.